The molecule has 4 aliphatic rings. The molecule has 0 aromatic heterocycles. The number of phenolic OH excluding ortho intramolecular Hbond substituents is 1. The van der Waals surface area contributed by atoms with Gasteiger partial charge in [-0.3, -0.25) is 14.5 Å². The first-order valence-corrected chi connectivity index (χ1v) is 13.1. The van der Waals surface area contributed by atoms with Crippen LogP contribution in [0, 0.1) is 23.7 Å². The lowest BCUT2D eigenvalue weighted by Gasteiger charge is -2.55. The number of likely N-dealkylation sites (tertiary alicyclic amines) is 1. The number of benzene rings is 2. The van der Waals surface area contributed by atoms with Crippen molar-refractivity contribution in [2.24, 2.45) is 23.7 Å². The number of carbonyl (C=O) groups is 2. The van der Waals surface area contributed by atoms with E-state index in [9.17, 15) is 14.7 Å². The molecule has 5 atom stereocenters. The third-order valence-electron chi connectivity index (χ3n) is 8.38. The van der Waals surface area contributed by atoms with E-state index in [0.717, 1.165) is 30.8 Å². The molecular weight excluding hydrogens is 452 g/mol. The van der Waals surface area contributed by atoms with E-state index in [1.807, 2.05) is 20.2 Å². The molecule has 2 amide bonds. The highest BCUT2D eigenvalue weighted by Gasteiger charge is 2.67. The van der Waals surface area contributed by atoms with Gasteiger partial charge in [-0.25, -0.2) is 0 Å². The van der Waals surface area contributed by atoms with Crippen molar-refractivity contribution in [2.45, 2.75) is 51.4 Å². The Hall–Kier alpha value is -3.06. The lowest BCUT2D eigenvalue weighted by atomic mass is 9.57. The molecule has 3 aliphatic heterocycles. The molecular formula is C29H38N4O3. The summed E-state index contributed by atoms with van der Waals surface area (Å²) in [5.41, 5.74) is 2.33. The van der Waals surface area contributed by atoms with E-state index in [2.05, 4.69) is 58.5 Å². The van der Waals surface area contributed by atoms with Crippen molar-refractivity contribution in [1.82, 2.24) is 15.5 Å². The van der Waals surface area contributed by atoms with Gasteiger partial charge >= 0.3 is 0 Å². The van der Waals surface area contributed by atoms with Crippen molar-refractivity contribution in [3.8, 4) is 5.75 Å². The first kappa shape index (κ1) is 24.6. The highest BCUT2D eigenvalue weighted by atomic mass is 16.3. The predicted octanol–water partition coefficient (Wildman–Crippen LogP) is 3.13. The zero-order chi connectivity index (χ0) is 25.6. The van der Waals surface area contributed by atoms with Crippen molar-refractivity contribution in [3.05, 3.63) is 59.7 Å². The van der Waals surface area contributed by atoms with Crippen LogP contribution in [0.2, 0.25) is 0 Å². The number of anilines is 1. The Morgan fingerprint density at radius 2 is 1.94 bits per heavy atom. The largest absolute Gasteiger partial charge is 0.508 e. The standard InChI is InChI=1S/C29H38N4O3/c1-18(2)12-24-26-25-21(17-33(26)16-19-8-10-22(11-9-19)32(3)4)14-29(24,31-27(25)35)28(36)30-15-20-6-5-7-23(34)13-20/h5-11,13,18,21,24-26,34H,12,14-17H2,1-4H3,(H,30,36)(H,31,35)/t21-,24+,25-,26-,29+/m1/s1. The summed E-state index contributed by atoms with van der Waals surface area (Å²) in [6.07, 6.45) is 1.56. The van der Waals surface area contributed by atoms with E-state index >= 15 is 0 Å². The maximum absolute atomic E-state index is 13.8. The van der Waals surface area contributed by atoms with E-state index in [1.165, 1.54) is 5.56 Å². The topological polar surface area (TPSA) is 84.9 Å². The minimum absolute atomic E-state index is 0.0224. The fourth-order valence-corrected chi connectivity index (χ4v) is 6.89. The van der Waals surface area contributed by atoms with E-state index in [-0.39, 0.29) is 41.4 Å². The van der Waals surface area contributed by atoms with E-state index in [1.54, 1.807) is 18.2 Å². The van der Waals surface area contributed by atoms with Crippen LogP contribution < -0.4 is 15.5 Å². The van der Waals surface area contributed by atoms with Crippen LogP contribution in [0.1, 0.15) is 37.8 Å². The van der Waals surface area contributed by atoms with Gasteiger partial charge in [0, 0.05) is 51.4 Å². The maximum atomic E-state index is 13.8. The Kier molecular flexibility index (Phi) is 6.45. The normalized spacial score (nSPS) is 28.9. The molecule has 36 heavy (non-hydrogen) atoms. The van der Waals surface area contributed by atoms with Crippen molar-refractivity contribution >= 4 is 17.5 Å². The minimum atomic E-state index is -0.897. The number of nitrogens with one attached hydrogen (secondary N) is 2. The van der Waals surface area contributed by atoms with Gasteiger partial charge in [0.15, 0.2) is 0 Å². The Bertz CT molecular complexity index is 1130. The van der Waals surface area contributed by atoms with Crippen molar-refractivity contribution in [2.75, 3.05) is 25.5 Å². The van der Waals surface area contributed by atoms with Gasteiger partial charge in [-0.05, 0) is 60.1 Å². The lowest BCUT2D eigenvalue weighted by molar-refractivity contribution is -0.155. The van der Waals surface area contributed by atoms with Crippen LogP contribution in [0.3, 0.4) is 0 Å². The van der Waals surface area contributed by atoms with Gasteiger partial charge in [-0.15, -0.1) is 0 Å². The van der Waals surface area contributed by atoms with Crippen molar-refractivity contribution in [3.63, 3.8) is 0 Å². The number of hydrogen-bond donors (Lipinski definition) is 3. The number of phenols is 1. The Labute approximate surface area is 213 Å². The molecule has 4 bridgehead atoms. The average Bonchev–Trinajstić information content (AvgIpc) is 3.13. The number of hydrogen-bond acceptors (Lipinski definition) is 5. The van der Waals surface area contributed by atoms with Crippen LogP contribution in [0.15, 0.2) is 48.5 Å². The number of fused-ring (bicyclic) bond motifs is 1. The molecule has 2 aromatic carbocycles. The van der Waals surface area contributed by atoms with E-state index in [4.69, 9.17) is 0 Å². The van der Waals surface area contributed by atoms with E-state index < -0.39 is 5.54 Å². The summed E-state index contributed by atoms with van der Waals surface area (Å²) in [6.45, 7) is 6.33. The van der Waals surface area contributed by atoms with Crippen LogP contribution in [0.4, 0.5) is 5.69 Å². The molecule has 192 valence electrons. The highest BCUT2D eigenvalue weighted by Crippen LogP contribution is 2.54. The fourth-order valence-electron chi connectivity index (χ4n) is 6.89. The molecule has 3 N–H and O–H groups in total. The summed E-state index contributed by atoms with van der Waals surface area (Å²) in [5, 5.41) is 16.1. The van der Waals surface area contributed by atoms with Gasteiger partial charge < -0.3 is 20.6 Å². The number of piperidine rings is 2. The molecule has 0 spiro atoms. The maximum Gasteiger partial charge on any atom is 0.246 e. The third kappa shape index (κ3) is 4.34. The van der Waals surface area contributed by atoms with Crippen molar-refractivity contribution < 1.29 is 14.7 Å². The van der Waals surface area contributed by atoms with Crippen LogP contribution in [0.25, 0.3) is 0 Å². The molecule has 2 aromatic rings. The van der Waals surface area contributed by atoms with Gasteiger partial charge in [0.25, 0.3) is 0 Å². The fraction of sp³-hybridized carbons (Fsp3) is 0.517. The molecule has 3 heterocycles. The number of rotatable bonds is 8. The number of carbonyl (C=O) groups excluding carboxylic acids is 2. The van der Waals surface area contributed by atoms with Crippen LogP contribution in [-0.4, -0.2) is 54.0 Å². The third-order valence-corrected chi connectivity index (χ3v) is 8.38. The first-order chi connectivity index (χ1) is 17.2. The smallest absolute Gasteiger partial charge is 0.246 e. The molecule has 7 heteroatoms. The minimum Gasteiger partial charge on any atom is -0.508 e. The second kappa shape index (κ2) is 9.43. The van der Waals surface area contributed by atoms with Crippen LogP contribution in [0.5, 0.6) is 5.75 Å². The number of amides is 2. The van der Waals surface area contributed by atoms with Gasteiger partial charge in [0.1, 0.15) is 11.3 Å². The number of aromatic hydroxyl groups is 1. The summed E-state index contributed by atoms with van der Waals surface area (Å²) in [4.78, 5) is 31.7. The molecule has 6 rings (SSSR count). The van der Waals surface area contributed by atoms with Gasteiger partial charge in [-0.1, -0.05) is 38.1 Å². The highest BCUT2D eigenvalue weighted by molar-refractivity contribution is 5.96. The van der Waals surface area contributed by atoms with Crippen LogP contribution in [-0.2, 0) is 22.7 Å². The predicted molar refractivity (Wildman–Crippen MR) is 140 cm³/mol. The SMILES string of the molecule is CC(C)C[C@H]1[C@@H]2[C@@H]3C(=O)N[C@@]1(C(=O)NCc1cccc(O)c1)C[C@@H]3CN2Cc1ccc(N(C)C)cc1. The van der Waals surface area contributed by atoms with E-state index in [0.29, 0.717) is 18.9 Å². The summed E-state index contributed by atoms with van der Waals surface area (Å²) in [7, 11) is 4.07. The zero-order valence-electron chi connectivity index (χ0n) is 21.7. The average molecular weight is 491 g/mol. The molecule has 1 saturated carbocycles. The molecule has 7 nitrogen and oxygen atoms in total. The second-order valence-corrected chi connectivity index (χ2v) is 11.5. The van der Waals surface area contributed by atoms with Gasteiger partial charge in [0.05, 0.1) is 5.92 Å². The summed E-state index contributed by atoms with van der Waals surface area (Å²) < 4.78 is 0. The second-order valence-electron chi connectivity index (χ2n) is 11.5. The molecule has 4 fully saturated rings. The van der Waals surface area contributed by atoms with Crippen LogP contribution >= 0.6 is 0 Å². The summed E-state index contributed by atoms with van der Waals surface area (Å²) >= 11 is 0. The van der Waals surface area contributed by atoms with Gasteiger partial charge in [0.2, 0.25) is 11.8 Å². The molecule has 0 unspecified atom stereocenters. The molecule has 1 aliphatic carbocycles. The first-order valence-electron chi connectivity index (χ1n) is 13.1. The zero-order valence-corrected chi connectivity index (χ0v) is 21.7. The molecule has 0 radical (unpaired) electrons. The summed E-state index contributed by atoms with van der Waals surface area (Å²) in [5.74, 6) is 0.669. The Balaban J connectivity index is 1.41. The monoisotopic (exact) mass is 490 g/mol. The Morgan fingerprint density at radius 3 is 2.61 bits per heavy atom. The summed E-state index contributed by atoms with van der Waals surface area (Å²) in [6, 6.07) is 15.6. The number of nitrogens with zero attached hydrogens (tertiary/aromatic N) is 2. The van der Waals surface area contributed by atoms with Gasteiger partial charge in [-0.2, -0.15) is 0 Å². The quantitative estimate of drug-likeness (QED) is 0.530. The molecule has 3 saturated heterocycles. The van der Waals surface area contributed by atoms with Crippen molar-refractivity contribution in [1.29, 1.82) is 0 Å². The Morgan fingerprint density at radius 1 is 1.19 bits per heavy atom. The lowest BCUT2D eigenvalue weighted by Crippen LogP contribution is -2.75.